The highest BCUT2D eigenvalue weighted by atomic mass is 19.4. The van der Waals surface area contributed by atoms with Gasteiger partial charge in [-0.15, -0.1) is 13.2 Å². The molecule has 0 spiro atoms. The Balaban J connectivity index is 1.35. The van der Waals surface area contributed by atoms with Crippen LogP contribution >= 0.6 is 0 Å². The van der Waals surface area contributed by atoms with Gasteiger partial charge >= 0.3 is 6.36 Å². The Morgan fingerprint density at radius 2 is 1.79 bits per heavy atom. The summed E-state index contributed by atoms with van der Waals surface area (Å²) in [5.41, 5.74) is 6.29. The summed E-state index contributed by atoms with van der Waals surface area (Å²) in [4.78, 5) is 29.2. The van der Waals surface area contributed by atoms with Crippen LogP contribution in [0.1, 0.15) is 17.4 Å². The van der Waals surface area contributed by atoms with Gasteiger partial charge in [0.15, 0.2) is 22.9 Å². The lowest BCUT2D eigenvalue weighted by Crippen LogP contribution is -2.17. The summed E-state index contributed by atoms with van der Waals surface area (Å²) in [6, 6.07) is 6.89. The molecule has 0 saturated carbocycles. The van der Waals surface area contributed by atoms with E-state index in [1.807, 2.05) is 0 Å². The van der Waals surface area contributed by atoms with E-state index in [4.69, 9.17) is 19.9 Å². The van der Waals surface area contributed by atoms with Crippen LogP contribution < -0.4 is 30.0 Å². The number of amides is 1. The number of aromatic nitrogens is 6. The third-order valence-corrected chi connectivity index (χ3v) is 5.54. The van der Waals surface area contributed by atoms with E-state index < -0.39 is 18.0 Å². The van der Waals surface area contributed by atoms with Crippen LogP contribution in [0.2, 0.25) is 0 Å². The first-order valence-corrected chi connectivity index (χ1v) is 12.1. The molecule has 0 aliphatic heterocycles. The average molecular weight is 582 g/mol. The number of benzene rings is 1. The minimum absolute atomic E-state index is 0.00800. The third kappa shape index (κ3) is 6.22. The second-order valence-corrected chi connectivity index (χ2v) is 8.33. The van der Waals surface area contributed by atoms with E-state index in [-0.39, 0.29) is 52.5 Å². The van der Waals surface area contributed by atoms with Gasteiger partial charge in [-0.3, -0.25) is 9.78 Å². The molecule has 3 N–H and O–H groups in total. The highest BCUT2D eigenvalue weighted by Gasteiger charge is 2.33. The minimum atomic E-state index is -4.93. The van der Waals surface area contributed by atoms with Crippen LogP contribution in [0.5, 0.6) is 28.7 Å². The number of hydrogen-bond acceptors (Lipinski definition) is 11. The van der Waals surface area contributed by atoms with Gasteiger partial charge in [-0.1, -0.05) is 0 Å². The molecule has 4 aromatic heterocycles. The Morgan fingerprint density at radius 1 is 1.00 bits per heavy atom. The van der Waals surface area contributed by atoms with Crippen molar-refractivity contribution in [2.45, 2.75) is 13.3 Å². The van der Waals surface area contributed by atoms with Crippen molar-refractivity contribution in [3.05, 3.63) is 67.0 Å². The van der Waals surface area contributed by atoms with Crippen molar-refractivity contribution in [3.8, 4) is 34.4 Å². The number of fused-ring (bicyclic) bond motifs is 1. The predicted octanol–water partition coefficient (Wildman–Crippen LogP) is 4.54. The summed E-state index contributed by atoms with van der Waals surface area (Å²) >= 11 is 0. The van der Waals surface area contributed by atoms with Crippen molar-refractivity contribution in [3.63, 3.8) is 0 Å². The van der Waals surface area contributed by atoms with Crippen molar-refractivity contribution in [2.75, 3.05) is 24.8 Å². The number of nitrogens with zero attached hydrogens (tertiary/aromatic N) is 6. The lowest BCUT2D eigenvalue weighted by atomic mass is 10.2. The topological polar surface area (TPSA) is 161 Å². The monoisotopic (exact) mass is 582 g/mol. The molecule has 16 heteroatoms. The summed E-state index contributed by atoms with van der Waals surface area (Å²) < 4.78 is 60.6. The standard InChI is InChI=1S/C26H21F3N8O5/c1-3-40-21-13-37(14-10-33-25(30)34-11-14)36-23(21)24(38)35-22-5-4-15(12-32-22)41-18-6-7-31-17-9-19(39-2)20(8-16(17)18)42-26(27,28)29/h4-13H,3H2,1-2H3,(H2,30,33,34)(H,32,35,38). The summed E-state index contributed by atoms with van der Waals surface area (Å²) in [7, 11) is 1.22. The molecule has 13 nitrogen and oxygen atoms in total. The molecule has 0 aliphatic carbocycles. The van der Waals surface area contributed by atoms with E-state index in [1.54, 1.807) is 6.92 Å². The van der Waals surface area contributed by atoms with Crippen molar-refractivity contribution in [2.24, 2.45) is 0 Å². The van der Waals surface area contributed by atoms with Gasteiger partial charge in [0.1, 0.15) is 23.0 Å². The number of halogens is 3. The normalized spacial score (nSPS) is 11.3. The fourth-order valence-corrected chi connectivity index (χ4v) is 3.76. The zero-order valence-electron chi connectivity index (χ0n) is 21.9. The lowest BCUT2D eigenvalue weighted by Gasteiger charge is -2.15. The van der Waals surface area contributed by atoms with Gasteiger partial charge in [-0.2, -0.15) is 5.10 Å². The molecule has 1 aromatic carbocycles. The molecule has 4 heterocycles. The Labute approximate surface area is 235 Å². The van der Waals surface area contributed by atoms with Gasteiger partial charge in [0.2, 0.25) is 5.95 Å². The Bertz CT molecular complexity index is 1730. The predicted molar refractivity (Wildman–Crippen MR) is 142 cm³/mol. The zero-order chi connectivity index (χ0) is 29.9. The molecular weight excluding hydrogens is 561 g/mol. The van der Waals surface area contributed by atoms with Gasteiger partial charge < -0.3 is 30.0 Å². The van der Waals surface area contributed by atoms with Crippen molar-refractivity contribution >= 4 is 28.6 Å². The quantitative estimate of drug-likeness (QED) is 0.251. The number of nitrogens with one attached hydrogen (secondary N) is 1. The largest absolute Gasteiger partial charge is 0.573 e. The molecule has 0 bridgehead atoms. The summed E-state index contributed by atoms with van der Waals surface area (Å²) in [5.74, 6) is -0.392. The maximum Gasteiger partial charge on any atom is 0.573 e. The highest BCUT2D eigenvalue weighted by Crippen LogP contribution is 2.39. The second kappa shape index (κ2) is 11.4. The van der Waals surface area contributed by atoms with Crippen LogP contribution in [-0.4, -0.2) is 55.7 Å². The number of carbonyl (C=O) groups is 1. The van der Waals surface area contributed by atoms with Crippen LogP contribution in [0, 0.1) is 0 Å². The first-order valence-electron chi connectivity index (χ1n) is 12.1. The summed E-state index contributed by atoms with van der Waals surface area (Å²) in [6.07, 6.45) is 2.22. The van der Waals surface area contributed by atoms with Crippen LogP contribution in [0.25, 0.3) is 16.6 Å². The number of hydrogen-bond donors (Lipinski definition) is 2. The molecule has 0 aliphatic rings. The van der Waals surface area contributed by atoms with Crippen LogP contribution in [0.15, 0.2) is 61.3 Å². The SMILES string of the molecule is CCOc1cn(-c2cnc(N)nc2)nc1C(=O)Nc1ccc(Oc2ccnc3cc(OC)c(OC(F)(F)F)cc23)cn1. The van der Waals surface area contributed by atoms with Gasteiger partial charge in [-0.25, -0.2) is 19.6 Å². The molecule has 5 aromatic rings. The molecule has 0 unspecified atom stereocenters. The van der Waals surface area contributed by atoms with Gasteiger partial charge in [0.05, 0.1) is 44.0 Å². The third-order valence-electron chi connectivity index (χ3n) is 5.54. The number of nitrogens with two attached hydrogens (primary N) is 1. The van der Waals surface area contributed by atoms with Crippen molar-refractivity contribution in [1.29, 1.82) is 0 Å². The van der Waals surface area contributed by atoms with Gasteiger partial charge in [0.25, 0.3) is 5.91 Å². The molecular formula is C26H21F3N8O5. The van der Waals surface area contributed by atoms with E-state index >= 15 is 0 Å². The van der Waals surface area contributed by atoms with E-state index in [1.165, 1.54) is 67.0 Å². The molecule has 5 rings (SSSR count). The highest BCUT2D eigenvalue weighted by molar-refractivity contribution is 6.04. The van der Waals surface area contributed by atoms with E-state index in [0.717, 1.165) is 6.07 Å². The second-order valence-electron chi connectivity index (χ2n) is 8.33. The summed E-state index contributed by atoms with van der Waals surface area (Å²) in [5, 5.41) is 7.15. The van der Waals surface area contributed by atoms with Crippen LogP contribution in [-0.2, 0) is 0 Å². The van der Waals surface area contributed by atoms with E-state index in [2.05, 4.69) is 35.1 Å². The van der Waals surface area contributed by atoms with E-state index in [0.29, 0.717) is 11.2 Å². The Kier molecular flexibility index (Phi) is 7.59. The number of nitrogen functional groups attached to an aromatic ring is 1. The minimum Gasteiger partial charge on any atom is -0.493 e. The molecule has 0 saturated heterocycles. The zero-order valence-corrected chi connectivity index (χ0v) is 21.9. The van der Waals surface area contributed by atoms with Crippen LogP contribution in [0.3, 0.4) is 0 Å². The maximum atomic E-state index is 13.0. The first kappa shape index (κ1) is 27.9. The number of rotatable bonds is 9. The fourth-order valence-electron chi connectivity index (χ4n) is 3.76. The maximum absolute atomic E-state index is 13.0. The molecule has 0 atom stereocenters. The number of anilines is 2. The molecule has 216 valence electrons. The molecule has 1 amide bonds. The van der Waals surface area contributed by atoms with E-state index in [9.17, 15) is 18.0 Å². The number of pyridine rings is 2. The summed E-state index contributed by atoms with van der Waals surface area (Å²) in [6.45, 7) is 2.05. The molecule has 42 heavy (non-hydrogen) atoms. The Morgan fingerprint density at radius 3 is 2.45 bits per heavy atom. The number of alkyl halides is 3. The first-order chi connectivity index (χ1) is 20.1. The number of ether oxygens (including phenoxy) is 4. The fraction of sp³-hybridized carbons (Fsp3) is 0.154. The van der Waals surface area contributed by atoms with Crippen LogP contribution in [0.4, 0.5) is 24.9 Å². The molecule has 0 radical (unpaired) electrons. The van der Waals surface area contributed by atoms with Crippen molar-refractivity contribution < 1.29 is 36.9 Å². The number of carbonyl (C=O) groups excluding carboxylic acids is 1. The number of methoxy groups -OCH3 is 1. The van der Waals surface area contributed by atoms with Crippen molar-refractivity contribution in [1.82, 2.24) is 29.7 Å². The average Bonchev–Trinajstić information content (AvgIpc) is 3.38. The smallest absolute Gasteiger partial charge is 0.493 e. The van der Waals surface area contributed by atoms with Gasteiger partial charge in [0, 0.05) is 17.6 Å². The molecule has 0 fully saturated rings. The Hall–Kier alpha value is -5.67. The van der Waals surface area contributed by atoms with Gasteiger partial charge in [-0.05, 0) is 31.2 Å². The lowest BCUT2D eigenvalue weighted by molar-refractivity contribution is -0.275.